The average molecular weight is 145 g/mol. The molecule has 60 valence electrons. The fourth-order valence-electron chi connectivity index (χ4n) is 0.640. The van der Waals surface area contributed by atoms with Gasteiger partial charge in [0.05, 0.1) is 13.0 Å². The van der Waals surface area contributed by atoms with Crippen LogP contribution in [0.3, 0.4) is 0 Å². The summed E-state index contributed by atoms with van der Waals surface area (Å²) in [4.78, 5) is 10.8. The standard InChI is InChI=1S/C7H15NO2/c1-5(6(2)8-3)7(9)10-4/h5-6,8H,1-4H3/t5?,6-/m0/s1. The third-order valence-corrected chi connectivity index (χ3v) is 1.78. The van der Waals surface area contributed by atoms with Crippen LogP contribution in [0, 0.1) is 5.92 Å². The summed E-state index contributed by atoms with van der Waals surface area (Å²) >= 11 is 0. The second kappa shape index (κ2) is 4.28. The van der Waals surface area contributed by atoms with Crippen LogP contribution in [-0.2, 0) is 9.53 Å². The highest BCUT2D eigenvalue weighted by molar-refractivity contribution is 5.72. The third kappa shape index (κ3) is 2.35. The Hall–Kier alpha value is -0.570. The lowest BCUT2D eigenvalue weighted by atomic mass is 10.1. The average Bonchev–Trinajstić information content (AvgIpc) is 2.00. The van der Waals surface area contributed by atoms with Crippen molar-refractivity contribution < 1.29 is 9.53 Å². The highest BCUT2D eigenvalue weighted by Crippen LogP contribution is 2.02. The van der Waals surface area contributed by atoms with Crippen LogP contribution in [0.15, 0.2) is 0 Å². The molecular weight excluding hydrogens is 130 g/mol. The zero-order valence-electron chi connectivity index (χ0n) is 6.97. The van der Waals surface area contributed by atoms with Crippen molar-refractivity contribution in [2.24, 2.45) is 5.92 Å². The van der Waals surface area contributed by atoms with Gasteiger partial charge in [-0.15, -0.1) is 0 Å². The van der Waals surface area contributed by atoms with Gasteiger partial charge in [-0.2, -0.15) is 0 Å². The van der Waals surface area contributed by atoms with Gasteiger partial charge in [0, 0.05) is 6.04 Å². The molecule has 10 heavy (non-hydrogen) atoms. The molecule has 1 N–H and O–H groups in total. The van der Waals surface area contributed by atoms with E-state index in [-0.39, 0.29) is 17.9 Å². The van der Waals surface area contributed by atoms with Crippen molar-refractivity contribution in [3.63, 3.8) is 0 Å². The number of esters is 1. The van der Waals surface area contributed by atoms with Crippen molar-refractivity contribution in [2.75, 3.05) is 14.2 Å². The highest BCUT2D eigenvalue weighted by atomic mass is 16.5. The molecule has 0 heterocycles. The Morgan fingerprint density at radius 1 is 1.50 bits per heavy atom. The SMILES string of the molecule is CN[C@@H](C)C(C)C(=O)OC. The van der Waals surface area contributed by atoms with E-state index in [1.165, 1.54) is 7.11 Å². The van der Waals surface area contributed by atoms with E-state index < -0.39 is 0 Å². The number of carbonyl (C=O) groups excluding carboxylic acids is 1. The van der Waals surface area contributed by atoms with Gasteiger partial charge in [-0.25, -0.2) is 0 Å². The maximum atomic E-state index is 10.8. The van der Waals surface area contributed by atoms with Gasteiger partial charge in [0.2, 0.25) is 0 Å². The lowest BCUT2D eigenvalue weighted by molar-refractivity contribution is -0.145. The Kier molecular flexibility index (Phi) is 4.03. The van der Waals surface area contributed by atoms with Gasteiger partial charge in [-0.05, 0) is 14.0 Å². The molecule has 0 aliphatic heterocycles. The van der Waals surface area contributed by atoms with Gasteiger partial charge in [-0.1, -0.05) is 6.92 Å². The summed E-state index contributed by atoms with van der Waals surface area (Å²) < 4.78 is 4.56. The summed E-state index contributed by atoms with van der Waals surface area (Å²) in [5, 5.41) is 2.98. The minimum atomic E-state index is -0.165. The molecule has 2 atom stereocenters. The van der Waals surface area contributed by atoms with Gasteiger partial charge >= 0.3 is 5.97 Å². The molecule has 0 rings (SSSR count). The zero-order chi connectivity index (χ0) is 8.15. The van der Waals surface area contributed by atoms with E-state index in [1.54, 1.807) is 0 Å². The highest BCUT2D eigenvalue weighted by Gasteiger charge is 2.18. The van der Waals surface area contributed by atoms with Gasteiger partial charge in [-0.3, -0.25) is 4.79 Å². The number of nitrogens with one attached hydrogen (secondary N) is 1. The molecule has 0 aromatic rings. The molecule has 3 heteroatoms. The monoisotopic (exact) mass is 145 g/mol. The van der Waals surface area contributed by atoms with Crippen molar-refractivity contribution >= 4 is 5.97 Å². The van der Waals surface area contributed by atoms with E-state index >= 15 is 0 Å². The van der Waals surface area contributed by atoms with Crippen molar-refractivity contribution in [3.05, 3.63) is 0 Å². The number of rotatable bonds is 3. The maximum Gasteiger partial charge on any atom is 0.309 e. The second-order valence-corrected chi connectivity index (χ2v) is 2.39. The molecule has 3 nitrogen and oxygen atoms in total. The van der Waals surface area contributed by atoms with Crippen LogP contribution in [0.5, 0.6) is 0 Å². The molecular formula is C7H15NO2. The number of ether oxygens (including phenoxy) is 1. The van der Waals surface area contributed by atoms with Gasteiger partial charge in [0.1, 0.15) is 0 Å². The molecule has 0 saturated carbocycles. The molecule has 0 aliphatic carbocycles. The summed E-state index contributed by atoms with van der Waals surface area (Å²) in [6.07, 6.45) is 0. The first kappa shape index (κ1) is 9.43. The molecule has 0 saturated heterocycles. The van der Waals surface area contributed by atoms with Crippen LogP contribution >= 0.6 is 0 Å². The summed E-state index contributed by atoms with van der Waals surface area (Å²) in [6, 6.07) is 0.174. The Bertz CT molecular complexity index is 114. The minimum absolute atomic E-state index is 0.0741. The van der Waals surface area contributed by atoms with Crippen LogP contribution in [0.4, 0.5) is 0 Å². The first-order valence-corrected chi connectivity index (χ1v) is 3.38. The molecule has 0 fully saturated rings. The Balaban J connectivity index is 3.81. The molecule has 0 amide bonds. The Labute approximate surface area is 61.8 Å². The van der Waals surface area contributed by atoms with Gasteiger partial charge in [0.25, 0.3) is 0 Å². The van der Waals surface area contributed by atoms with Gasteiger partial charge < -0.3 is 10.1 Å². The quantitative estimate of drug-likeness (QED) is 0.584. The number of methoxy groups -OCH3 is 1. The van der Waals surface area contributed by atoms with E-state index in [0.717, 1.165) is 0 Å². The fourth-order valence-corrected chi connectivity index (χ4v) is 0.640. The van der Waals surface area contributed by atoms with Crippen molar-refractivity contribution in [3.8, 4) is 0 Å². The molecule has 0 aromatic heterocycles. The van der Waals surface area contributed by atoms with Crippen LogP contribution in [0.25, 0.3) is 0 Å². The first-order chi connectivity index (χ1) is 4.63. The van der Waals surface area contributed by atoms with Crippen LogP contribution in [-0.4, -0.2) is 26.2 Å². The number of hydrogen-bond donors (Lipinski definition) is 1. The van der Waals surface area contributed by atoms with Crippen molar-refractivity contribution in [2.45, 2.75) is 19.9 Å². The molecule has 0 spiro atoms. The van der Waals surface area contributed by atoms with Crippen LogP contribution in [0.2, 0.25) is 0 Å². The third-order valence-electron chi connectivity index (χ3n) is 1.78. The molecule has 1 unspecified atom stereocenters. The van der Waals surface area contributed by atoms with E-state index in [1.807, 2.05) is 20.9 Å². The van der Waals surface area contributed by atoms with Crippen molar-refractivity contribution in [1.82, 2.24) is 5.32 Å². The van der Waals surface area contributed by atoms with E-state index in [2.05, 4.69) is 10.1 Å². The second-order valence-electron chi connectivity index (χ2n) is 2.39. The lowest BCUT2D eigenvalue weighted by Crippen LogP contribution is -2.34. The molecule has 0 radical (unpaired) electrons. The Morgan fingerprint density at radius 2 is 2.00 bits per heavy atom. The van der Waals surface area contributed by atoms with Crippen molar-refractivity contribution in [1.29, 1.82) is 0 Å². The zero-order valence-corrected chi connectivity index (χ0v) is 6.97. The normalized spacial score (nSPS) is 16.0. The van der Waals surface area contributed by atoms with E-state index in [0.29, 0.717) is 0 Å². The smallest absolute Gasteiger partial charge is 0.309 e. The molecule has 0 aromatic carbocycles. The summed E-state index contributed by atoms with van der Waals surface area (Å²) in [7, 11) is 3.23. The summed E-state index contributed by atoms with van der Waals surface area (Å²) in [6.45, 7) is 3.79. The lowest BCUT2D eigenvalue weighted by Gasteiger charge is -2.15. The summed E-state index contributed by atoms with van der Waals surface area (Å²) in [5.41, 5.74) is 0. The van der Waals surface area contributed by atoms with E-state index in [4.69, 9.17) is 0 Å². The van der Waals surface area contributed by atoms with Crippen LogP contribution < -0.4 is 5.32 Å². The predicted molar refractivity (Wildman–Crippen MR) is 39.7 cm³/mol. The number of carbonyl (C=O) groups is 1. The van der Waals surface area contributed by atoms with E-state index in [9.17, 15) is 4.79 Å². The first-order valence-electron chi connectivity index (χ1n) is 3.38. The topological polar surface area (TPSA) is 38.3 Å². The summed E-state index contributed by atoms with van der Waals surface area (Å²) in [5.74, 6) is -0.239. The Morgan fingerprint density at radius 3 is 2.30 bits per heavy atom. The minimum Gasteiger partial charge on any atom is -0.469 e. The maximum absolute atomic E-state index is 10.8. The predicted octanol–water partition coefficient (Wildman–Crippen LogP) is 0.403. The van der Waals surface area contributed by atoms with Crippen LogP contribution in [0.1, 0.15) is 13.8 Å². The van der Waals surface area contributed by atoms with Gasteiger partial charge in [0.15, 0.2) is 0 Å². The molecule has 0 bridgehead atoms. The largest absolute Gasteiger partial charge is 0.469 e. The number of hydrogen-bond acceptors (Lipinski definition) is 3. The molecule has 0 aliphatic rings. The fraction of sp³-hybridized carbons (Fsp3) is 0.857.